The Kier molecular flexibility index (Phi) is 3.78. The van der Waals surface area contributed by atoms with Gasteiger partial charge in [0.2, 0.25) is 0 Å². The number of piperidine rings is 1. The van der Waals surface area contributed by atoms with Crippen molar-refractivity contribution in [3.8, 4) is 0 Å². The maximum Gasteiger partial charge on any atom is 0.0753 e. The van der Waals surface area contributed by atoms with Gasteiger partial charge in [0.05, 0.1) is 12.2 Å². The molecule has 2 fully saturated rings. The Morgan fingerprint density at radius 2 is 1.82 bits per heavy atom. The Morgan fingerprint density at radius 1 is 1.18 bits per heavy atom. The molecule has 0 saturated carbocycles. The van der Waals surface area contributed by atoms with E-state index in [1.807, 2.05) is 0 Å². The van der Waals surface area contributed by atoms with Crippen LogP contribution in [-0.2, 0) is 4.74 Å². The molecule has 2 aliphatic rings. The van der Waals surface area contributed by atoms with Gasteiger partial charge in [-0.15, -0.1) is 0 Å². The number of hydrogen-bond donors (Lipinski definition) is 1. The summed E-state index contributed by atoms with van der Waals surface area (Å²) in [7, 11) is 2.20. The average Bonchev–Trinajstić information content (AvgIpc) is 2.29. The van der Waals surface area contributed by atoms with Gasteiger partial charge in [0.15, 0.2) is 0 Å². The van der Waals surface area contributed by atoms with Crippen LogP contribution in [0.5, 0.6) is 0 Å². The molecule has 2 aliphatic heterocycles. The second kappa shape index (κ2) is 4.84. The lowest BCUT2D eigenvalue weighted by atomic mass is 9.84. The van der Waals surface area contributed by atoms with Crippen molar-refractivity contribution >= 4 is 0 Å². The Morgan fingerprint density at radius 3 is 2.35 bits per heavy atom. The van der Waals surface area contributed by atoms with Crippen molar-refractivity contribution in [3.63, 3.8) is 0 Å². The van der Waals surface area contributed by atoms with Gasteiger partial charge in [-0.25, -0.2) is 0 Å². The summed E-state index contributed by atoms with van der Waals surface area (Å²) >= 11 is 0. The van der Waals surface area contributed by atoms with E-state index in [0.29, 0.717) is 0 Å². The standard InChI is InChI=1S/C13H27N3O/c1-12(2)11-16(8-9-17-12)13(10-14)4-6-15(3)7-5-13/h4-11,14H2,1-3H3. The van der Waals surface area contributed by atoms with E-state index in [9.17, 15) is 0 Å². The summed E-state index contributed by atoms with van der Waals surface area (Å²) in [6.45, 7) is 10.3. The third-order valence-electron chi connectivity index (χ3n) is 4.39. The molecule has 0 spiro atoms. The Balaban J connectivity index is 2.07. The van der Waals surface area contributed by atoms with E-state index in [-0.39, 0.29) is 11.1 Å². The van der Waals surface area contributed by atoms with Crippen molar-refractivity contribution in [3.05, 3.63) is 0 Å². The van der Waals surface area contributed by atoms with Gasteiger partial charge in [0.1, 0.15) is 0 Å². The van der Waals surface area contributed by atoms with Gasteiger partial charge in [-0.3, -0.25) is 4.90 Å². The highest BCUT2D eigenvalue weighted by atomic mass is 16.5. The van der Waals surface area contributed by atoms with Gasteiger partial charge in [-0.05, 0) is 46.8 Å². The molecule has 0 aliphatic carbocycles. The van der Waals surface area contributed by atoms with E-state index in [1.54, 1.807) is 0 Å². The highest BCUT2D eigenvalue weighted by molar-refractivity contribution is 4.98. The van der Waals surface area contributed by atoms with Crippen molar-refractivity contribution in [1.82, 2.24) is 9.80 Å². The minimum atomic E-state index is -0.0240. The molecular formula is C13H27N3O. The minimum absolute atomic E-state index is 0.0240. The topological polar surface area (TPSA) is 41.7 Å². The molecule has 2 heterocycles. The predicted molar refractivity (Wildman–Crippen MR) is 70.1 cm³/mol. The molecule has 17 heavy (non-hydrogen) atoms. The third-order valence-corrected chi connectivity index (χ3v) is 4.39. The van der Waals surface area contributed by atoms with Gasteiger partial charge in [-0.1, -0.05) is 0 Å². The van der Waals surface area contributed by atoms with Crippen molar-refractivity contribution < 1.29 is 4.74 Å². The van der Waals surface area contributed by atoms with Gasteiger partial charge in [0.25, 0.3) is 0 Å². The molecule has 100 valence electrons. The maximum atomic E-state index is 6.10. The number of nitrogens with zero attached hydrogens (tertiary/aromatic N) is 2. The summed E-state index contributed by atoms with van der Waals surface area (Å²) in [5.41, 5.74) is 6.29. The molecule has 0 bridgehead atoms. The zero-order valence-corrected chi connectivity index (χ0v) is 11.5. The monoisotopic (exact) mass is 241 g/mol. The van der Waals surface area contributed by atoms with Crippen LogP contribution in [0.15, 0.2) is 0 Å². The zero-order chi connectivity index (χ0) is 12.5. The highest BCUT2D eigenvalue weighted by Gasteiger charge is 2.42. The van der Waals surface area contributed by atoms with Crippen LogP contribution < -0.4 is 5.73 Å². The van der Waals surface area contributed by atoms with Crippen LogP contribution >= 0.6 is 0 Å². The summed E-state index contributed by atoms with van der Waals surface area (Å²) < 4.78 is 5.80. The normalized spacial score (nSPS) is 30.4. The van der Waals surface area contributed by atoms with Crippen LogP contribution in [0.1, 0.15) is 26.7 Å². The van der Waals surface area contributed by atoms with Crippen molar-refractivity contribution in [2.75, 3.05) is 46.4 Å². The fourth-order valence-corrected chi connectivity index (χ4v) is 3.11. The van der Waals surface area contributed by atoms with E-state index in [4.69, 9.17) is 10.5 Å². The van der Waals surface area contributed by atoms with Gasteiger partial charge >= 0.3 is 0 Å². The minimum Gasteiger partial charge on any atom is -0.373 e. The second-order valence-electron chi connectivity index (χ2n) is 6.26. The summed E-state index contributed by atoms with van der Waals surface area (Å²) in [6, 6.07) is 0. The van der Waals surface area contributed by atoms with E-state index in [0.717, 1.165) is 39.3 Å². The SMILES string of the molecule is CN1CCC(CN)(N2CCOC(C)(C)C2)CC1. The molecule has 4 heteroatoms. The molecule has 2 N–H and O–H groups in total. The van der Waals surface area contributed by atoms with Crippen molar-refractivity contribution in [2.45, 2.75) is 37.8 Å². The molecule has 0 amide bonds. The summed E-state index contributed by atoms with van der Waals surface area (Å²) in [5.74, 6) is 0. The van der Waals surface area contributed by atoms with Gasteiger partial charge in [-0.2, -0.15) is 0 Å². The van der Waals surface area contributed by atoms with Gasteiger partial charge < -0.3 is 15.4 Å². The number of rotatable bonds is 2. The van der Waals surface area contributed by atoms with Crippen LogP contribution in [0.4, 0.5) is 0 Å². The molecule has 4 nitrogen and oxygen atoms in total. The van der Waals surface area contributed by atoms with Gasteiger partial charge in [0, 0.05) is 25.2 Å². The summed E-state index contributed by atoms with van der Waals surface area (Å²) in [4.78, 5) is 4.99. The molecule has 0 unspecified atom stereocenters. The highest BCUT2D eigenvalue weighted by Crippen LogP contribution is 2.31. The predicted octanol–water partition coefficient (Wildman–Crippen LogP) is 0.520. The molecule has 0 radical (unpaired) electrons. The zero-order valence-electron chi connectivity index (χ0n) is 11.5. The lowest BCUT2D eigenvalue weighted by Crippen LogP contribution is -2.64. The van der Waals surface area contributed by atoms with Crippen molar-refractivity contribution in [1.29, 1.82) is 0 Å². The summed E-state index contributed by atoms with van der Waals surface area (Å²) in [5, 5.41) is 0. The Hall–Kier alpha value is -0.160. The van der Waals surface area contributed by atoms with E-state index >= 15 is 0 Å². The largest absolute Gasteiger partial charge is 0.373 e. The average molecular weight is 241 g/mol. The number of hydrogen-bond acceptors (Lipinski definition) is 4. The fourth-order valence-electron chi connectivity index (χ4n) is 3.11. The lowest BCUT2D eigenvalue weighted by Gasteiger charge is -2.52. The lowest BCUT2D eigenvalue weighted by molar-refractivity contribution is -0.124. The van der Waals surface area contributed by atoms with Crippen LogP contribution in [0.3, 0.4) is 0 Å². The van der Waals surface area contributed by atoms with Crippen molar-refractivity contribution in [2.24, 2.45) is 5.73 Å². The first kappa shape index (κ1) is 13.3. The molecule has 2 rings (SSSR count). The van der Waals surface area contributed by atoms with Crippen LogP contribution in [0.25, 0.3) is 0 Å². The maximum absolute atomic E-state index is 6.10. The molecule has 0 aromatic carbocycles. The van der Waals surface area contributed by atoms with Crippen LogP contribution in [-0.4, -0.2) is 67.3 Å². The number of likely N-dealkylation sites (tertiary alicyclic amines) is 1. The van der Waals surface area contributed by atoms with Crippen LogP contribution in [0, 0.1) is 0 Å². The molecule has 2 saturated heterocycles. The first-order valence-electron chi connectivity index (χ1n) is 6.75. The number of nitrogens with two attached hydrogens (primary N) is 1. The molecular weight excluding hydrogens is 214 g/mol. The van der Waals surface area contributed by atoms with Crippen LogP contribution in [0.2, 0.25) is 0 Å². The summed E-state index contributed by atoms with van der Waals surface area (Å²) in [6.07, 6.45) is 2.38. The Labute approximate surface area is 105 Å². The second-order valence-corrected chi connectivity index (χ2v) is 6.26. The number of ether oxygens (including phenoxy) is 1. The smallest absolute Gasteiger partial charge is 0.0753 e. The molecule has 0 aromatic heterocycles. The first-order chi connectivity index (χ1) is 7.97. The van der Waals surface area contributed by atoms with E-state index < -0.39 is 0 Å². The third kappa shape index (κ3) is 2.81. The molecule has 0 atom stereocenters. The molecule has 0 aromatic rings. The van der Waals surface area contributed by atoms with E-state index in [1.165, 1.54) is 12.8 Å². The number of morpholine rings is 1. The fraction of sp³-hybridized carbons (Fsp3) is 1.00. The van der Waals surface area contributed by atoms with E-state index in [2.05, 4.69) is 30.7 Å². The Bertz CT molecular complexity index is 259. The first-order valence-corrected chi connectivity index (χ1v) is 6.75. The quantitative estimate of drug-likeness (QED) is 0.765.